The number of sulfonamides is 1. The Hall–Kier alpha value is -1.82. The van der Waals surface area contributed by atoms with E-state index in [1.54, 1.807) is 12.1 Å². The van der Waals surface area contributed by atoms with Crippen LogP contribution >= 0.6 is 0 Å². The number of nitrogens with one attached hydrogen (secondary N) is 1. The maximum Gasteiger partial charge on any atom is 0.241 e. The molecule has 0 bridgehead atoms. The maximum atomic E-state index is 12.0. The lowest BCUT2D eigenvalue weighted by Gasteiger charge is -2.11. The number of nitrogens with zero attached hydrogens (tertiary/aromatic N) is 1. The van der Waals surface area contributed by atoms with Gasteiger partial charge in [-0.2, -0.15) is 9.98 Å². The first-order valence-corrected chi connectivity index (χ1v) is 6.96. The summed E-state index contributed by atoms with van der Waals surface area (Å²) in [6.07, 6.45) is 6.01. The van der Waals surface area contributed by atoms with Gasteiger partial charge in [-0.1, -0.05) is 25.0 Å². The van der Waals surface area contributed by atoms with Gasteiger partial charge in [0, 0.05) is 0 Å². The molecule has 0 heterocycles. The zero-order chi connectivity index (χ0) is 13.6. The Morgan fingerprint density at radius 1 is 1.39 bits per heavy atom. The molecule has 1 atom stereocenters. The predicted octanol–water partition coefficient (Wildman–Crippen LogP) is 1.44. The second-order valence-corrected chi connectivity index (χ2v) is 5.44. The Kier molecular flexibility index (Phi) is 4.91. The minimum Gasteiger partial charge on any atom is -0.207 e. The summed E-state index contributed by atoms with van der Waals surface area (Å²) in [7, 11) is -3.59. The molecule has 1 unspecified atom stereocenters. The zero-order valence-corrected chi connectivity index (χ0v) is 10.9. The second kappa shape index (κ2) is 6.20. The van der Waals surface area contributed by atoms with Gasteiger partial charge >= 0.3 is 0 Å². The van der Waals surface area contributed by atoms with E-state index in [9.17, 15) is 8.42 Å². The van der Waals surface area contributed by atoms with E-state index >= 15 is 0 Å². The van der Waals surface area contributed by atoms with Crippen molar-refractivity contribution in [1.29, 1.82) is 5.26 Å². The van der Waals surface area contributed by atoms with Crippen LogP contribution in [0.25, 0.3) is 0 Å². The van der Waals surface area contributed by atoms with Gasteiger partial charge in [-0.25, -0.2) is 8.42 Å². The standard InChI is InChI=1S/C13H14N2O2S/c1-3-12(4-2)15-18(16,17)13-7-5-11(6-8-13)9-10-14/h1,5-8,12,15H,4,9H2,2H3. The molecule has 0 spiro atoms. The molecule has 0 aliphatic rings. The van der Waals surface area contributed by atoms with Crippen molar-refractivity contribution in [3.8, 4) is 18.4 Å². The van der Waals surface area contributed by atoms with Crippen LogP contribution in [0.3, 0.4) is 0 Å². The monoisotopic (exact) mass is 262 g/mol. The van der Waals surface area contributed by atoms with E-state index in [1.807, 2.05) is 13.0 Å². The molecule has 18 heavy (non-hydrogen) atoms. The van der Waals surface area contributed by atoms with Crippen molar-refractivity contribution in [2.45, 2.75) is 30.7 Å². The van der Waals surface area contributed by atoms with Crippen molar-refractivity contribution in [2.24, 2.45) is 0 Å². The topological polar surface area (TPSA) is 70.0 Å². The van der Waals surface area contributed by atoms with Gasteiger partial charge in [-0.05, 0) is 24.1 Å². The van der Waals surface area contributed by atoms with Crippen molar-refractivity contribution >= 4 is 10.0 Å². The number of nitriles is 1. The SMILES string of the molecule is C#CC(CC)NS(=O)(=O)c1ccc(CC#N)cc1. The van der Waals surface area contributed by atoms with Gasteiger partial charge in [0.1, 0.15) is 0 Å². The fourth-order valence-corrected chi connectivity index (χ4v) is 2.61. The smallest absolute Gasteiger partial charge is 0.207 e. The Morgan fingerprint density at radius 3 is 2.44 bits per heavy atom. The van der Waals surface area contributed by atoms with Crippen LogP contribution in [0.4, 0.5) is 0 Å². The van der Waals surface area contributed by atoms with Crippen LogP contribution in [0.2, 0.25) is 0 Å². The third-order valence-corrected chi connectivity index (χ3v) is 3.91. The van der Waals surface area contributed by atoms with Gasteiger partial charge in [-0.3, -0.25) is 0 Å². The number of hydrogen-bond donors (Lipinski definition) is 1. The summed E-state index contributed by atoms with van der Waals surface area (Å²) in [5, 5.41) is 8.53. The number of rotatable bonds is 5. The van der Waals surface area contributed by atoms with E-state index in [2.05, 4.69) is 10.6 Å². The van der Waals surface area contributed by atoms with Crippen molar-refractivity contribution in [3.05, 3.63) is 29.8 Å². The van der Waals surface area contributed by atoms with Gasteiger partial charge in [0.25, 0.3) is 0 Å². The third kappa shape index (κ3) is 3.59. The molecule has 0 aliphatic heterocycles. The van der Waals surface area contributed by atoms with Crippen LogP contribution in [0, 0.1) is 23.7 Å². The molecule has 0 radical (unpaired) electrons. The maximum absolute atomic E-state index is 12.0. The molecular weight excluding hydrogens is 248 g/mol. The Morgan fingerprint density at radius 2 is 2.00 bits per heavy atom. The molecule has 5 heteroatoms. The summed E-state index contributed by atoms with van der Waals surface area (Å²) in [5.74, 6) is 2.38. The molecule has 0 saturated carbocycles. The van der Waals surface area contributed by atoms with Crippen LogP contribution < -0.4 is 4.72 Å². The van der Waals surface area contributed by atoms with Crippen molar-refractivity contribution < 1.29 is 8.42 Å². The third-order valence-electron chi connectivity index (χ3n) is 2.42. The Bertz CT molecular complexity index is 577. The van der Waals surface area contributed by atoms with Crippen LogP contribution in [0.15, 0.2) is 29.2 Å². The first kappa shape index (κ1) is 14.2. The molecule has 0 aliphatic carbocycles. The highest BCUT2D eigenvalue weighted by Crippen LogP contribution is 2.11. The lowest BCUT2D eigenvalue weighted by Crippen LogP contribution is -2.33. The van der Waals surface area contributed by atoms with Gasteiger partial charge < -0.3 is 0 Å². The lowest BCUT2D eigenvalue weighted by molar-refractivity contribution is 0.570. The number of terminal acetylenes is 1. The van der Waals surface area contributed by atoms with Gasteiger partial charge in [0.15, 0.2) is 0 Å². The second-order valence-electron chi connectivity index (χ2n) is 3.73. The summed E-state index contributed by atoms with van der Waals surface area (Å²) < 4.78 is 26.3. The highest BCUT2D eigenvalue weighted by atomic mass is 32.2. The summed E-state index contributed by atoms with van der Waals surface area (Å²) in [6.45, 7) is 1.81. The van der Waals surface area contributed by atoms with Gasteiger partial charge in [0.05, 0.1) is 23.4 Å². The van der Waals surface area contributed by atoms with Gasteiger partial charge in [-0.15, -0.1) is 6.42 Å². The van der Waals surface area contributed by atoms with E-state index in [-0.39, 0.29) is 11.3 Å². The molecule has 1 aromatic carbocycles. The van der Waals surface area contributed by atoms with E-state index < -0.39 is 16.1 Å². The number of hydrogen-bond acceptors (Lipinski definition) is 3. The first-order chi connectivity index (χ1) is 8.53. The summed E-state index contributed by atoms with van der Waals surface area (Å²) in [5.41, 5.74) is 0.778. The van der Waals surface area contributed by atoms with Crippen LogP contribution in [-0.4, -0.2) is 14.5 Å². The first-order valence-electron chi connectivity index (χ1n) is 5.48. The van der Waals surface area contributed by atoms with E-state index in [1.165, 1.54) is 12.1 Å². The Balaban J connectivity index is 2.93. The molecule has 0 aromatic heterocycles. The number of benzene rings is 1. The fourth-order valence-electron chi connectivity index (χ4n) is 1.37. The largest absolute Gasteiger partial charge is 0.241 e. The molecule has 94 valence electrons. The molecule has 0 saturated heterocycles. The average Bonchev–Trinajstić information content (AvgIpc) is 2.37. The zero-order valence-electron chi connectivity index (χ0n) is 10.1. The molecule has 0 amide bonds. The van der Waals surface area contributed by atoms with Crippen molar-refractivity contribution in [1.82, 2.24) is 4.72 Å². The van der Waals surface area contributed by atoms with Crippen LogP contribution in [-0.2, 0) is 16.4 Å². The van der Waals surface area contributed by atoms with Crippen molar-refractivity contribution in [3.63, 3.8) is 0 Å². The minimum absolute atomic E-state index is 0.151. The van der Waals surface area contributed by atoms with E-state index in [0.717, 1.165) is 5.56 Å². The van der Waals surface area contributed by atoms with E-state index in [0.29, 0.717) is 6.42 Å². The quantitative estimate of drug-likeness (QED) is 0.816. The normalized spacial score (nSPS) is 12.4. The molecule has 4 nitrogen and oxygen atoms in total. The Labute approximate surface area is 108 Å². The summed E-state index contributed by atoms with van der Waals surface area (Å²) >= 11 is 0. The molecule has 1 rings (SSSR count). The summed E-state index contributed by atoms with van der Waals surface area (Å²) in [4.78, 5) is 0.151. The highest BCUT2D eigenvalue weighted by Gasteiger charge is 2.17. The van der Waals surface area contributed by atoms with Crippen molar-refractivity contribution in [2.75, 3.05) is 0 Å². The average molecular weight is 262 g/mol. The lowest BCUT2D eigenvalue weighted by atomic mass is 10.2. The molecule has 1 aromatic rings. The van der Waals surface area contributed by atoms with Gasteiger partial charge in [0.2, 0.25) is 10.0 Å². The predicted molar refractivity (Wildman–Crippen MR) is 69.0 cm³/mol. The fraction of sp³-hybridized carbons (Fsp3) is 0.308. The van der Waals surface area contributed by atoms with Crippen LogP contribution in [0.5, 0.6) is 0 Å². The van der Waals surface area contributed by atoms with Crippen LogP contribution in [0.1, 0.15) is 18.9 Å². The molecule has 0 fully saturated rings. The molecular formula is C13H14N2O2S. The summed E-state index contributed by atoms with van der Waals surface area (Å²) in [6, 6.07) is 7.68. The minimum atomic E-state index is -3.59. The highest BCUT2D eigenvalue weighted by molar-refractivity contribution is 7.89. The molecule has 1 N–H and O–H groups in total. The van der Waals surface area contributed by atoms with E-state index in [4.69, 9.17) is 11.7 Å².